The number of amides is 2. The molecule has 2 saturated heterocycles. The molecule has 3 aliphatic heterocycles. The van der Waals surface area contributed by atoms with Crippen molar-refractivity contribution < 1.29 is 31.8 Å². The largest absolute Gasteiger partial charge is 0.748 e. The molecule has 3 rings (SSSR count). The summed E-state index contributed by atoms with van der Waals surface area (Å²) in [4.78, 5) is 26.3. The number of likely N-dealkylation sites (N-methyl/N-ethyl adjacent to an activating group) is 1. The Kier molecular flexibility index (Phi) is 4.31. The average molecular weight is 358 g/mol. The maximum absolute atomic E-state index is 12.5. The fourth-order valence-corrected chi connectivity index (χ4v) is 4.22. The summed E-state index contributed by atoms with van der Waals surface area (Å²) in [5.41, 5.74) is 0. The molecule has 0 unspecified atom stereocenters. The highest BCUT2D eigenvalue weighted by molar-refractivity contribution is 7.85. The standard InChI is InChI=1S/C15H22N2O6S/c1-17(2,7-3-9-24(20,21)22)8-6-16-14(18)12-10-4-5-11(23-10)13(12)15(16)19/h4-5,10-13H,3,6-9H2,1-2H3/t10-,11+,12-,13+. The van der Waals surface area contributed by atoms with Gasteiger partial charge in [0.1, 0.15) is 0 Å². The van der Waals surface area contributed by atoms with E-state index in [1.165, 1.54) is 4.90 Å². The first-order chi connectivity index (χ1) is 11.1. The van der Waals surface area contributed by atoms with Crippen LogP contribution >= 0.6 is 0 Å². The van der Waals surface area contributed by atoms with E-state index in [1.54, 1.807) is 0 Å². The maximum atomic E-state index is 12.5. The molecule has 4 atom stereocenters. The molecule has 0 radical (unpaired) electrons. The van der Waals surface area contributed by atoms with Crippen LogP contribution in [-0.4, -0.2) is 85.9 Å². The van der Waals surface area contributed by atoms with Crippen molar-refractivity contribution >= 4 is 21.9 Å². The number of imide groups is 1. The van der Waals surface area contributed by atoms with Gasteiger partial charge in [0.2, 0.25) is 11.8 Å². The molecule has 8 nitrogen and oxygen atoms in total. The fourth-order valence-electron chi connectivity index (χ4n) is 3.74. The molecule has 3 heterocycles. The van der Waals surface area contributed by atoms with Crippen molar-refractivity contribution in [3.63, 3.8) is 0 Å². The molecule has 2 amide bonds. The molecular formula is C15H22N2O6S. The van der Waals surface area contributed by atoms with E-state index < -0.39 is 27.7 Å². The van der Waals surface area contributed by atoms with Crippen molar-refractivity contribution in [2.45, 2.75) is 18.6 Å². The fraction of sp³-hybridized carbons (Fsp3) is 0.733. The molecule has 9 heteroatoms. The second kappa shape index (κ2) is 5.91. The number of carbonyl (C=O) groups is 2. The number of carbonyl (C=O) groups excluding carboxylic acids is 2. The molecular weight excluding hydrogens is 336 g/mol. The topological polar surface area (TPSA) is 104 Å². The third-order valence-electron chi connectivity index (χ3n) is 5.09. The molecule has 0 aromatic heterocycles. The number of hydrogen-bond donors (Lipinski definition) is 0. The summed E-state index contributed by atoms with van der Waals surface area (Å²) in [5.74, 6) is -1.54. The Hall–Kier alpha value is -1.29. The Bertz CT molecular complexity index is 656. The first kappa shape index (κ1) is 17.5. The van der Waals surface area contributed by atoms with Gasteiger partial charge in [-0.1, -0.05) is 12.2 Å². The number of fused-ring (bicyclic) bond motifs is 5. The number of quaternary nitrogens is 1. The van der Waals surface area contributed by atoms with Gasteiger partial charge < -0.3 is 13.8 Å². The van der Waals surface area contributed by atoms with E-state index in [0.29, 0.717) is 24.1 Å². The van der Waals surface area contributed by atoms with E-state index in [0.717, 1.165) is 0 Å². The first-order valence-electron chi connectivity index (χ1n) is 8.04. The van der Waals surface area contributed by atoms with Crippen molar-refractivity contribution in [1.82, 2.24) is 4.90 Å². The van der Waals surface area contributed by atoms with Crippen molar-refractivity contribution in [1.29, 1.82) is 0 Å². The summed E-state index contributed by atoms with van der Waals surface area (Å²) >= 11 is 0. The molecule has 0 aromatic rings. The number of rotatable bonds is 7. The van der Waals surface area contributed by atoms with Crippen molar-refractivity contribution in [3.05, 3.63) is 12.2 Å². The molecule has 2 bridgehead atoms. The van der Waals surface area contributed by atoms with Gasteiger partial charge in [-0.05, 0) is 0 Å². The van der Waals surface area contributed by atoms with Crippen LogP contribution in [0.3, 0.4) is 0 Å². The highest BCUT2D eigenvalue weighted by Gasteiger charge is 2.60. The van der Waals surface area contributed by atoms with Crippen LogP contribution in [0.2, 0.25) is 0 Å². The number of nitrogens with zero attached hydrogens (tertiary/aromatic N) is 2. The Morgan fingerprint density at radius 3 is 2.17 bits per heavy atom. The van der Waals surface area contributed by atoms with Crippen LogP contribution in [0.1, 0.15) is 6.42 Å². The van der Waals surface area contributed by atoms with Gasteiger partial charge in [-0.3, -0.25) is 14.5 Å². The van der Waals surface area contributed by atoms with Gasteiger partial charge in [-0.25, -0.2) is 8.42 Å². The zero-order valence-electron chi connectivity index (χ0n) is 13.8. The van der Waals surface area contributed by atoms with Crippen LogP contribution in [0.25, 0.3) is 0 Å². The Morgan fingerprint density at radius 1 is 1.12 bits per heavy atom. The minimum absolute atomic E-state index is 0.177. The smallest absolute Gasteiger partial charge is 0.236 e. The average Bonchev–Trinajstić information content (AvgIpc) is 3.10. The minimum Gasteiger partial charge on any atom is -0.748 e. The number of likely N-dealkylation sites (tertiary alicyclic amines) is 1. The van der Waals surface area contributed by atoms with E-state index in [1.807, 2.05) is 26.2 Å². The normalized spacial score (nSPS) is 32.0. The summed E-state index contributed by atoms with van der Waals surface area (Å²) in [5, 5.41) is 0. The summed E-state index contributed by atoms with van der Waals surface area (Å²) in [6.45, 7) is 1.29. The van der Waals surface area contributed by atoms with Crippen LogP contribution in [-0.2, 0) is 24.4 Å². The molecule has 3 aliphatic rings. The molecule has 0 N–H and O–H groups in total. The van der Waals surface area contributed by atoms with Crippen molar-refractivity contribution in [3.8, 4) is 0 Å². The van der Waals surface area contributed by atoms with Gasteiger partial charge in [0.05, 0.1) is 67.9 Å². The molecule has 2 fully saturated rings. The maximum Gasteiger partial charge on any atom is 0.236 e. The number of ether oxygens (including phenoxy) is 1. The van der Waals surface area contributed by atoms with E-state index >= 15 is 0 Å². The predicted octanol–water partition coefficient (Wildman–Crippen LogP) is -1.06. The lowest BCUT2D eigenvalue weighted by Gasteiger charge is -2.31. The highest BCUT2D eigenvalue weighted by atomic mass is 32.2. The summed E-state index contributed by atoms with van der Waals surface area (Å²) in [6, 6.07) is 0. The molecule has 0 aromatic carbocycles. The predicted molar refractivity (Wildman–Crippen MR) is 82.5 cm³/mol. The molecule has 24 heavy (non-hydrogen) atoms. The summed E-state index contributed by atoms with van der Waals surface area (Å²) in [6.07, 6.45) is 3.39. The monoisotopic (exact) mass is 358 g/mol. The highest BCUT2D eigenvalue weighted by Crippen LogP contribution is 2.44. The quantitative estimate of drug-likeness (QED) is 0.249. The minimum atomic E-state index is -4.21. The second-order valence-corrected chi connectivity index (χ2v) is 8.85. The Labute approximate surface area is 141 Å². The van der Waals surface area contributed by atoms with Crippen LogP contribution in [0, 0.1) is 11.8 Å². The van der Waals surface area contributed by atoms with Gasteiger partial charge in [0.15, 0.2) is 0 Å². The Balaban J connectivity index is 1.55. The van der Waals surface area contributed by atoms with Gasteiger partial charge in [0.25, 0.3) is 0 Å². The Morgan fingerprint density at radius 2 is 1.67 bits per heavy atom. The van der Waals surface area contributed by atoms with Crippen LogP contribution in [0.4, 0.5) is 0 Å². The third kappa shape index (κ3) is 3.26. The molecule has 0 saturated carbocycles. The van der Waals surface area contributed by atoms with E-state index in [-0.39, 0.29) is 30.4 Å². The first-order valence-corrected chi connectivity index (χ1v) is 9.61. The van der Waals surface area contributed by atoms with Gasteiger partial charge in [0, 0.05) is 12.2 Å². The lowest BCUT2D eigenvalue weighted by Crippen LogP contribution is -2.48. The van der Waals surface area contributed by atoms with Gasteiger partial charge in [-0.2, -0.15) is 0 Å². The van der Waals surface area contributed by atoms with Gasteiger partial charge in [-0.15, -0.1) is 0 Å². The van der Waals surface area contributed by atoms with Crippen LogP contribution in [0.15, 0.2) is 12.2 Å². The van der Waals surface area contributed by atoms with Crippen LogP contribution in [0.5, 0.6) is 0 Å². The molecule has 0 spiro atoms. The zero-order valence-corrected chi connectivity index (χ0v) is 14.6. The third-order valence-corrected chi connectivity index (χ3v) is 5.88. The van der Waals surface area contributed by atoms with E-state index in [2.05, 4.69) is 0 Å². The molecule has 0 aliphatic carbocycles. The van der Waals surface area contributed by atoms with Crippen molar-refractivity contribution in [2.75, 3.05) is 39.5 Å². The SMILES string of the molecule is C[N+](C)(CCCS(=O)(=O)[O-])CCN1C(=O)[C@@H]2[C@H](C1=O)[C@H]1C=C[C@@H]2O1. The van der Waals surface area contributed by atoms with E-state index in [9.17, 15) is 22.6 Å². The van der Waals surface area contributed by atoms with E-state index in [4.69, 9.17) is 4.74 Å². The van der Waals surface area contributed by atoms with Crippen molar-refractivity contribution in [2.24, 2.45) is 11.8 Å². The van der Waals surface area contributed by atoms with Gasteiger partial charge >= 0.3 is 0 Å². The zero-order chi connectivity index (χ0) is 17.7. The lowest BCUT2D eigenvalue weighted by atomic mass is 9.85. The second-order valence-electron chi connectivity index (χ2n) is 7.33. The summed E-state index contributed by atoms with van der Waals surface area (Å²) in [7, 11) is -0.437. The van der Waals surface area contributed by atoms with Crippen LogP contribution < -0.4 is 0 Å². The lowest BCUT2D eigenvalue weighted by molar-refractivity contribution is -0.889. The molecule has 134 valence electrons. The number of hydrogen-bond acceptors (Lipinski definition) is 6. The summed E-state index contributed by atoms with van der Waals surface area (Å²) < 4.78 is 38.0.